The maximum absolute atomic E-state index is 10.2. The van der Waals surface area contributed by atoms with E-state index in [1.165, 1.54) is 6.08 Å². The first-order valence-electron chi connectivity index (χ1n) is 5.10. The monoisotopic (exact) mass is 207 g/mol. The van der Waals surface area contributed by atoms with Crippen molar-refractivity contribution in [1.29, 1.82) is 0 Å². The lowest BCUT2D eigenvalue weighted by atomic mass is 9.99. The van der Waals surface area contributed by atoms with Crippen LogP contribution in [-0.2, 0) is 4.79 Å². The highest BCUT2D eigenvalue weighted by atomic mass is 16.1. The van der Waals surface area contributed by atoms with Crippen molar-refractivity contribution in [2.24, 2.45) is 0 Å². The standard InChI is InChI=1S/C15H11O/c16-12-6-10-14-9-4-5-11-15(14)13-7-2-1-3-8-13/h1-11H/b10-6+. The van der Waals surface area contributed by atoms with Crippen LogP contribution in [0.25, 0.3) is 17.2 Å². The van der Waals surface area contributed by atoms with Gasteiger partial charge >= 0.3 is 0 Å². The van der Waals surface area contributed by atoms with Crippen LogP contribution in [-0.4, -0.2) is 6.29 Å². The highest BCUT2D eigenvalue weighted by Crippen LogP contribution is 2.23. The minimum Gasteiger partial charge on any atom is -0.286 e. The van der Waals surface area contributed by atoms with Gasteiger partial charge in [-0.05, 0) is 22.8 Å². The zero-order chi connectivity index (χ0) is 11.2. The molecule has 0 heterocycles. The molecule has 0 aliphatic rings. The highest BCUT2D eigenvalue weighted by molar-refractivity contribution is 5.81. The summed E-state index contributed by atoms with van der Waals surface area (Å²) in [6.07, 6.45) is 4.93. The fourth-order valence-corrected chi connectivity index (χ4v) is 1.65. The molecule has 0 saturated carbocycles. The normalized spacial score (nSPS) is 10.5. The van der Waals surface area contributed by atoms with Crippen LogP contribution in [0, 0.1) is 0 Å². The fourth-order valence-electron chi connectivity index (χ4n) is 1.65. The van der Waals surface area contributed by atoms with E-state index >= 15 is 0 Å². The molecule has 0 saturated heterocycles. The van der Waals surface area contributed by atoms with Crippen LogP contribution >= 0.6 is 0 Å². The van der Waals surface area contributed by atoms with Crippen LogP contribution in [0.15, 0.2) is 60.7 Å². The molecule has 1 heteroatoms. The molecule has 1 radical (unpaired) electrons. The Balaban J connectivity index is 2.48. The maximum Gasteiger partial charge on any atom is 0.225 e. The van der Waals surface area contributed by atoms with Gasteiger partial charge in [0, 0.05) is 0 Å². The van der Waals surface area contributed by atoms with E-state index < -0.39 is 0 Å². The predicted molar refractivity (Wildman–Crippen MR) is 66.6 cm³/mol. The summed E-state index contributed by atoms with van der Waals surface area (Å²) in [5.74, 6) is 0. The molecule has 0 N–H and O–H groups in total. The summed E-state index contributed by atoms with van der Waals surface area (Å²) in [5.41, 5.74) is 3.29. The van der Waals surface area contributed by atoms with Crippen LogP contribution in [0.3, 0.4) is 0 Å². The maximum atomic E-state index is 10.2. The molecular formula is C15H11O. The van der Waals surface area contributed by atoms with Gasteiger partial charge < -0.3 is 0 Å². The van der Waals surface area contributed by atoms with Crippen molar-refractivity contribution in [1.82, 2.24) is 0 Å². The quantitative estimate of drug-likeness (QED) is 0.704. The number of hydrogen-bond acceptors (Lipinski definition) is 1. The third kappa shape index (κ3) is 2.26. The van der Waals surface area contributed by atoms with Gasteiger partial charge in [0.15, 0.2) is 0 Å². The zero-order valence-corrected chi connectivity index (χ0v) is 8.76. The van der Waals surface area contributed by atoms with Gasteiger partial charge in [-0.1, -0.05) is 60.7 Å². The molecule has 0 atom stereocenters. The number of allylic oxidation sites excluding steroid dienone is 1. The molecule has 0 aliphatic carbocycles. The topological polar surface area (TPSA) is 17.1 Å². The van der Waals surface area contributed by atoms with Gasteiger partial charge in [0.1, 0.15) is 0 Å². The molecule has 0 amide bonds. The minimum absolute atomic E-state index is 1.03. The van der Waals surface area contributed by atoms with E-state index in [4.69, 9.17) is 0 Å². The van der Waals surface area contributed by atoms with Gasteiger partial charge in [-0.15, -0.1) is 0 Å². The highest BCUT2D eigenvalue weighted by Gasteiger charge is 2.00. The van der Waals surface area contributed by atoms with Crippen molar-refractivity contribution in [2.45, 2.75) is 0 Å². The average Bonchev–Trinajstić information content (AvgIpc) is 2.38. The average molecular weight is 207 g/mol. The Labute approximate surface area is 95.1 Å². The summed E-state index contributed by atoms with van der Waals surface area (Å²) in [7, 11) is 0. The van der Waals surface area contributed by atoms with E-state index in [0.717, 1.165) is 16.7 Å². The summed E-state index contributed by atoms with van der Waals surface area (Å²) in [4.78, 5) is 10.2. The Kier molecular flexibility index (Phi) is 3.29. The van der Waals surface area contributed by atoms with Gasteiger partial charge in [-0.2, -0.15) is 0 Å². The number of carbonyl (C=O) groups excluding carboxylic acids is 1. The van der Waals surface area contributed by atoms with Crippen LogP contribution in [0.2, 0.25) is 0 Å². The Bertz CT molecular complexity index is 498. The molecule has 0 fully saturated rings. The molecule has 0 aliphatic heterocycles. The Morgan fingerprint density at radius 2 is 1.56 bits per heavy atom. The summed E-state index contributed by atoms with van der Waals surface area (Å²) >= 11 is 0. The molecular weight excluding hydrogens is 196 g/mol. The number of hydrogen-bond donors (Lipinski definition) is 0. The Morgan fingerprint density at radius 3 is 2.31 bits per heavy atom. The molecule has 0 spiro atoms. The first-order valence-corrected chi connectivity index (χ1v) is 5.10. The third-order valence-electron chi connectivity index (χ3n) is 2.38. The predicted octanol–water partition coefficient (Wildman–Crippen LogP) is 3.48. The molecule has 2 aromatic carbocycles. The van der Waals surface area contributed by atoms with Crippen LogP contribution in [0.4, 0.5) is 0 Å². The summed E-state index contributed by atoms with van der Waals surface area (Å²) in [5, 5.41) is 0. The van der Waals surface area contributed by atoms with Crippen molar-refractivity contribution >= 4 is 12.4 Å². The first-order chi connectivity index (χ1) is 7.92. The van der Waals surface area contributed by atoms with Gasteiger partial charge in [0.05, 0.1) is 0 Å². The van der Waals surface area contributed by atoms with Crippen LogP contribution in [0.5, 0.6) is 0 Å². The lowest BCUT2D eigenvalue weighted by molar-refractivity contribution is 0.564. The summed E-state index contributed by atoms with van der Waals surface area (Å²) in [6, 6.07) is 18.1. The molecule has 0 aromatic heterocycles. The van der Waals surface area contributed by atoms with E-state index in [9.17, 15) is 4.79 Å². The fraction of sp³-hybridized carbons (Fsp3) is 0. The van der Waals surface area contributed by atoms with Crippen molar-refractivity contribution in [3.05, 3.63) is 66.2 Å². The summed E-state index contributed by atoms with van der Waals surface area (Å²) in [6.45, 7) is 0. The first kappa shape index (κ1) is 10.4. The second-order valence-electron chi connectivity index (χ2n) is 3.40. The SMILES string of the molecule is O=[C]/C=C/c1ccccc1-c1ccccc1. The van der Waals surface area contributed by atoms with Crippen molar-refractivity contribution in [2.75, 3.05) is 0 Å². The van der Waals surface area contributed by atoms with Gasteiger partial charge in [0.25, 0.3) is 0 Å². The molecule has 0 unspecified atom stereocenters. The molecule has 16 heavy (non-hydrogen) atoms. The van der Waals surface area contributed by atoms with Gasteiger partial charge in [-0.3, -0.25) is 4.79 Å². The van der Waals surface area contributed by atoms with E-state index in [1.54, 1.807) is 12.4 Å². The molecule has 0 bridgehead atoms. The van der Waals surface area contributed by atoms with E-state index in [-0.39, 0.29) is 0 Å². The van der Waals surface area contributed by atoms with E-state index in [0.29, 0.717) is 0 Å². The second kappa shape index (κ2) is 5.08. The number of rotatable bonds is 3. The molecule has 1 nitrogen and oxygen atoms in total. The van der Waals surface area contributed by atoms with Crippen LogP contribution < -0.4 is 0 Å². The third-order valence-corrected chi connectivity index (χ3v) is 2.38. The van der Waals surface area contributed by atoms with Gasteiger partial charge in [0.2, 0.25) is 6.29 Å². The van der Waals surface area contributed by atoms with Gasteiger partial charge in [-0.25, -0.2) is 0 Å². The molecule has 77 valence electrons. The van der Waals surface area contributed by atoms with Crippen LogP contribution in [0.1, 0.15) is 5.56 Å². The Hall–Kier alpha value is -2.15. The van der Waals surface area contributed by atoms with E-state index in [1.807, 2.05) is 42.5 Å². The molecule has 2 aromatic rings. The minimum atomic E-state index is 1.03. The smallest absolute Gasteiger partial charge is 0.225 e. The number of benzene rings is 2. The van der Waals surface area contributed by atoms with Crippen molar-refractivity contribution in [3.63, 3.8) is 0 Å². The summed E-state index contributed by atoms with van der Waals surface area (Å²) < 4.78 is 0. The molecule has 2 rings (SSSR count). The van der Waals surface area contributed by atoms with Crippen molar-refractivity contribution in [3.8, 4) is 11.1 Å². The zero-order valence-electron chi connectivity index (χ0n) is 8.76. The lowest BCUT2D eigenvalue weighted by Gasteiger charge is -2.05. The van der Waals surface area contributed by atoms with Crippen molar-refractivity contribution < 1.29 is 4.79 Å². The second-order valence-corrected chi connectivity index (χ2v) is 3.40. The largest absolute Gasteiger partial charge is 0.286 e. The Morgan fingerprint density at radius 1 is 0.875 bits per heavy atom. The lowest BCUT2D eigenvalue weighted by Crippen LogP contribution is -1.82. The van der Waals surface area contributed by atoms with E-state index in [2.05, 4.69) is 12.1 Å².